The number of hydrogen-bond donors (Lipinski definition) is 1. The van der Waals surface area contributed by atoms with Gasteiger partial charge < -0.3 is 10.2 Å². The molecule has 0 radical (unpaired) electrons. The van der Waals surface area contributed by atoms with Crippen molar-refractivity contribution in [3.8, 4) is 0 Å². The van der Waals surface area contributed by atoms with Gasteiger partial charge in [-0.15, -0.1) is 0 Å². The molecule has 3 aliphatic heterocycles. The van der Waals surface area contributed by atoms with Gasteiger partial charge in [-0.05, 0) is 58.3 Å². The van der Waals surface area contributed by atoms with E-state index in [1.54, 1.807) is 0 Å². The Hall–Kier alpha value is -0.120. The van der Waals surface area contributed by atoms with E-state index in [1.165, 1.54) is 45.6 Å². The van der Waals surface area contributed by atoms with Gasteiger partial charge in [0.1, 0.15) is 0 Å². The molecule has 92 valence electrons. The van der Waals surface area contributed by atoms with Crippen LogP contribution in [0.2, 0.25) is 0 Å². The van der Waals surface area contributed by atoms with Crippen molar-refractivity contribution < 1.29 is 0 Å². The molecule has 0 aliphatic carbocycles. The van der Waals surface area contributed by atoms with Crippen molar-refractivity contribution in [1.82, 2.24) is 15.1 Å². The van der Waals surface area contributed by atoms with E-state index in [9.17, 15) is 0 Å². The molecule has 3 saturated heterocycles. The highest BCUT2D eigenvalue weighted by Gasteiger charge is 2.39. The fourth-order valence-electron chi connectivity index (χ4n) is 3.79. The van der Waals surface area contributed by atoms with Crippen LogP contribution in [0.25, 0.3) is 0 Å². The number of nitrogens with one attached hydrogen (secondary N) is 1. The molecule has 3 fully saturated rings. The summed E-state index contributed by atoms with van der Waals surface area (Å²) in [6.07, 6.45) is 2.76. The second-order valence-corrected chi connectivity index (χ2v) is 6.14. The van der Waals surface area contributed by atoms with Gasteiger partial charge >= 0.3 is 0 Å². The zero-order valence-electron chi connectivity index (χ0n) is 10.7. The first-order chi connectivity index (χ1) is 7.74. The van der Waals surface area contributed by atoms with Crippen LogP contribution in [0.4, 0.5) is 0 Å². The Morgan fingerprint density at radius 3 is 2.44 bits per heavy atom. The van der Waals surface area contributed by atoms with Crippen LogP contribution in [0.15, 0.2) is 0 Å². The van der Waals surface area contributed by atoms with Crippen molar-refractivity contribution >= 4 is 0 Å². The first kappa shape index (κ1) is 11.0. The number of nitrogens with zero attached hydrogens (tertiary/aromatic N) is 2. The third-order valence-corrected chi connectivity index (χ3v) is 5.11. The molecule has 4 atom stereocenters. The molecule has 3 nitrogen and oxygen atoms in total. The van der Waals surface area contributed by atoms with Gasteiger partial charge in [-0.1, -0.05) is 0 Å². The van der Waals surface area contributed by atoms with Crippen molar-refractivity contribution in [1.29, 1.82) is 0 Å². The monoisotopic (exact) mass is 223 g/mol. The van der Waals surface area contributed by atoms with Crippen LogP contribution in [0.5, 0.6) is 0 Å². The van der Waals surface area contributed by atoms with Crippen molar-refractivity contribution in [2.24, 2.45) is 11.8 Å². The van der Waals surface area contributed by atoms with Gasteiger partial charge in [0.15, 0.2) is 0 Å². The average molecular weight is 223 g/mol. The topological polar surface area (TPSA) is 18.5 Å². The van der Waals surface area contributed by atoms with E-state index in [0.29, 0.717) is 0 Å². The maximum absolute atomic E-state index is 3.53. The smallest absolute Gasteiger partial charge is 0.0122 e. The lowest BCUT2D eigenvalue weighted by atomic mass is 9.97. The second-order valence-electron chi connectivity index (χ2n) is 6.14. The van der Waals surface area contributed by atoms with Gasteiger partial charge in [0.05, 0.1) is 0 Å². The van der Waals surface area contributed by atoms with Crippen LogP contribution in [-0.4, -0.2) is 61.7 Å². The summed E-state index contributed by atoms with van der Waals surface area (Å²) in [5, 5.41) is 3.53. The van der Waals surface area contributed by atoms with Crippen molar-refractivity contribution in [2.45, 2.75) is 31.8 Å². The van der Waals surface area contributed by atoms with Gasteiger partial charge in [-0.25, -0.2) is 0 Å². The minimum atomic E-state index is 0.775. The molecule has 16 heavy (non-hydrogen) atoms. The lowest BCUT2D eigenvalue weighted by Crippen LogP contribution is -2.47. The predicted molar refractivity (Wildman–Crippen MR) is 66.5 cm³/mol. The average Bonchev–Trinajstić information content (AvgIpc) is 2.81. The van der Waals surface area contributed by atoms with E-state index in [2.05, 4.69) is 29.1 Å². The maximum Gasteiger partial charge on any atom is 0.0122 e. The van der Waals surface area contributed by atoms with E-state index in [-0.39, 0.29) is 0 Å². The molecule has 3 heterocycles. The van der Waals surface area contributed by atoms with Gasteiger partial charge in [0.2, 0.25) is 0 Å². The Labute approximate surface area is 99.2 Å². The number of likely N-dealkylation sites (tertiary alicyclic amines) is 2. The molecule has 0 amide bonds. The van der Waals surface area contributed by atoms with Crippen LogP contribution in [0.1, 0.15) is 19.8 Å². The summed E-state index contributed by atoms with van der Waals surface area (Å²) in [6.45, 7) is 8.92. The molecule has 0 aromatic carbocycles. The Kier molecular flexibility index (Phi) is 2.94. The van der Waals surface area contributed by atoms with E-state index in [1.807, 2.05) is 0 Å². The normalized spacial score (nSPS) is 46.1. The van der Waals surface area contributed by atoms with Gasteiger partial charge in [-0.2, -0.15) is 0 Å². The molecule has 0 aromatic rings. The molecular formula is C13H25N3. The Morgan fingerprint density at radius 2 is 1.81 bits per heavy atom. The van der Waals surface area contributed by atoms with Crippen LogP contribution in [-0.2, 0) is 0 Å². The fourth-order valence-corrected chi connectivity index (χ4v) is 3.79. The third-order valence-electron chi connectivity index (χ3n) is 5.11. The first-order valence-corrected chi connectivity index (χ1v) is 6.89. The van der Waals surface area contributed by atoms with Crippen molar-refractivity contribution in [2.75, 3.05) is 39.8 Å². The highest BCUT2D eigenvalue weighted by Crippen LogP contribution is 2.31. The SMILES string of the molecule is CC1CC(N2C[C@H]3CNC[C@H]3C2)CCN1C. The summed E-state index contributed by atoms with van der Waals surface area (Å²) >= 11 is 0. The molecular weight excluding hydrogens is 198 g/mol. The Morgan fingerprint density at radius 1 is 1.12 bits per heavy atom. The summed E-state index contributed by atoms with van der Waals surface area (Å²) in [7, 11) is 2.27. The summed E-state index contributed by atoms with van der Waals surface area (Å²) in [5.74, 6) is 1.91. The van der Waals surface area contributed by atoms with E-state index >= 15 is 0 Å². The lowest BCUT2D eigenvalue weighted by Gasteiger charge is -2.39. The molecule has 3 rings (SSSR count). The van der Waals surface area contributed by atoms with Crippen molar-refractivity contribution in [3.63, 3.8) is 0 Å². The molecule has 2 unspecified atom stereocenters. The zero-order chi connectivity index (χ0) is 11.1. The van der Waals surface area contributed by atoms with E-state index in [4.69, 9.17) is 0 Å². The Balaban J connectivity index is 1.58. The summed E-state index contributed by atoms with van der Waals surface area (Å²) in [6, 6.07) is 1.65. The Bertz CT molecular complexity index is 241. The van der Waals surface area contributed by atoms with Crippen molar-refractivity contribution in [3.05, 3.63) is 0 Å². The van der Waals surface area contributed by atoms with Gasteiger partial charge in [0.25, 0.3) is 0 Å². The molecule has 0 aromatic heterocycles. The number of piperidine rings is 1. The quantitative estimate of drug-likeness (QED) is 0.703. The van der Waals surface area contributed by atoms with Gasteiger partial charge in [-0.3, -0.25) is 4.90 Å². The summed E-state index contributed by atoms with van der Waals surface area (Å²) in [4.78, 5) is 5.30. The minimum absolute atomic E-state index is 0.775. The molecule has 0 saturated carbocycles. The van der Waals surface area contributed by atoms with E-state index < -0.39 is 0 Å². The lowest BCUT2D eigenvalue weighted by molar-refractivity contribution is 0.0989. The van der Waals surface area contributed by atoms with Crippen LogP contribution < -0.4 is 5.32 Å². The molecule has 0 bridgehead atoms. The van der Waals surface area contributed by atoms with Crippen LogP contribution >= 0.6 is 0 Å². The van der Waals surface area contributed by atoms with Gasteiger partial charge in [0, 0.05) is 25.2 Å². The molecule has 0 spiro atoms. The number of hydrogen-bond acceptors (Lipinski definition) is 3. The number of rotatable bonds is 1. The molecule has 1 N–H and O–H groups in total. The fraction of sp³-hybridized carbons (Fsp3) is 1.00. The molecule has 3 aliphatic rings. The van der Waals surface area contributed by atoms with E-state index in [0.717, 1.165) is 23.9 Å². The largest absolute Gasteiger partial charge is 0.316 e. The highest BCUT2D eigenvalue weighted by molar-refractivity contribution is 4.95. The predicted octanol–water partition coefficient (Wildman–Crippen LogP) is 0.620. The zero-order valence-corrected chi connectivity index (χ0v) is 10.7. The second kappa shape index (κ2) is 4.28. The number of fused-ring (bicyclic) bond motifs is 1. The summed E-state index contributed by atoms with van der Waals surface area (Å²) in [5.41, 5.74) is 0. The maximum atomic E-state index is 3.53. The first-order valence-electron chi connectivity index (χ1n) is 6.89. The highest BCUT2D eigenvalue weighted by atomic mass is 15.2. The molecule has 3 heteroatoms. The standard InChI is InChI=1S/C13H25N3/c1-10-5-13(3-4-15(10)2)16-8-11-6-14-7-12(11)9-16/h10-14H,3-9H2,1-2H3/t10?,11-,12+,13?. The summed E-state index contributed by atoms with van der Waals surface area (Å²) < 4.78 is 0. The third kappa shape index (κ3) is 1.89. The minimum Gasteiger partial charge on any atom is -0.316 e. The van der Waals surface area contributed by atoms with Crippen LogP contribution in [0, 0.1) is 11.8 Å². The van der Waals surface area contributed by atoms with Crippen LogP contribution in [0.3, 0.4) is 0 Å².